The molecule has 0 aliphatic carbocycles. The van der Waals surface area contributed by atoms with Crippen LogP contribution in [-0.2, 0) is 14.3 Å². The van der Waals surface area contributed by atoms with E-state index in [-0.39, 0.29) is 24.2 Å². The van der Waals surface area contributed by atoms with Crippen LogP contribution in [0.5, 0.6) is 5.75 Å². The highest BCUT2D eigenvalue weighted by atomic mass is 35.5. The number of rotatable bonds is 7. The van der Waals surface area contributed by atoms with Crippen LogP contribution in [0.2, 0.25) is 0 Å². The predicted molar refractivity (Wildman–Crippen MR) is 98.0 cm³/mol. The van der Waals surface area contributed by atoms with Crippen molar-refractivity contribution < 1.29 is 19.1 Å². The third kappa shape index (κ3) is 5.88. The molecule has 0 aromatic heterocycles. The molecular weight excluding hydrogens is 346 g/mol. The standard InChI is InChI=1S/C17H25N3O4.ClH/c1-19-15(21)6-9-24-14-4-2-13(3-5-14)20-16(22)17(12-18)7-10-23-11-8-17;/h2-5H,6-12,18H2,1H3,(H,19,21)(H,20,22);1H. The number of anilines is 1. The van der Waals surface area contributed by atoms with Crippen molar-refractivity contribution in [1.82, 2.24) is 5.32 Å². The average Bonchev–Trinajstić information content (AvgIpc) is 2.63. The number of hydrogen-bond donors (Lipinski definition) is 3. The third-order valence-electron chi connectivity index (χ3n) is 4.31. The molecule has 0 bridgehead atoms. The zero-order valence-corrected chi connectivity index (χ0v) is 15.2. The normalized spacial score (nSPS) is 15.6. The molecule has 7 nitrogen and oxygen atoms in total. The topological polar surface area (TPSA) is 103 Å². The summed E-state index contributed by atoms with van der Waals surface area (Å²) >= 11 is 0. The first-order chi connectivity index (χ1) is 11.6. The Morgan fingerprint density at radius 3 is 2.44 bits per heavy atom. The number of ether oxygens (including phenoxy) is 2. The van der Waals surface area contributed by atoms with Gasteiger partial charge in [0.25, 0.3) is 0 Å². The van der Waals surface area contributed by atoms with Gasteiger partial charge in [-0.15, -0.1) is 12.4 Å². The number of halogens is 1. The lowest BCUT2D eigenvalue weighted by atomic mass is 9.79. The molecular formula is C17H26ClN3O4. The minimum absolute atomic E-state index is 0. The van der Waals surface area contributed by atoms with Crippen molar-refractivity contribution >= 4 is 29.9 Å². The van der Waals surface area contributed by atoms with E-state index in [1.54, 1.807) is 31.3 Å². The molecule has 1 saturated heterocycles. The van der Waals surface area contributed by atoms with Gasteiger partial charge in [-0.25, -0.2) is 0 Å². The Labute approximate surface area is 154 Å². The zero-order valence-electron chi connectivity index (χ0n) is 14.4. The van der Waals surface area contributed by atoms with Crippen LogP contribution in [0.1, 0.15) is 19.3 Å². The molecule has 0 radical (unpaired) electrons. The number of amides is 2. The number of nitrogens with one attached hydrogen (secondary N) is 2. The minimum atomic E-state index is -0.555. The Morgan fingerprint density at radius 2 is 1.88 bits per heavy atom. The summed E-state index contributed by atoms with van der Waals surface area (Å²) in [5.74, 6) is 0.514. The summed E-state index contributed by atoms with van der Waals surface area (Å²) in [6.07, 6.45) is 1.57. The maximum Gasteiger partial charge on any atom is 0.232 e. The van der Waals surface area contributed by atoms with Gasteiger partial charge in [0.15, 0.2) is 0 Å². The lowest BCUT2D eigenvalue weighted by Crippen LogP contribution is -2.46. The second-order valence-electron chi connectivity index (χ2n) is 5.85. The van der Waals surface area contributed by atoms with Gasteiger partial charge in [-0.05, 0) is 37.1 Å². The Bertz CT molecular complexity index is 560. The summed E-state index contributed by atoms with van der Waals surface area (Å²) in [4.78, 5) is 23.7. The number of benzene rings is 1. The van der Waals surface area contributed by atoms with Crippen molar-refractivity contribution in [2.45, 2.75) is 19.3 Å². The van der Waals surface area contributed by atoms with E-state index in [9.17, 15) is 9.59 Å². The quantitative estimate of drug-likeness (QED) is 0.670. The lowest BCUT2D eigenvalue weighted by molar-refractivity contribution is -0.130. The summed E-state index contributed by atoms with van der Waals surface area (Å²) in [5, 5.41) is 5.46. The van der Waals surface area contributed by atoms with E-state index < -0.39 is 5.41 Å². The average molecular weight is 372 g/mol. The summed E-state index contributed by atoms with van der Waals surface area (Å²) in [5.41, 5.74) is 5.98. The van der Waals surface area contributed by atoms with Crippen LogP contribution in [0.25, 0.3) is 0 Å². The van der Waals surface area contributed by atoms with Gasteiger partial charge in [0.2, 0.25) is 11.8 Å². The highest BCUT2D eigenvalue weighted by Gasteiger charge is 2.38. The monoisotopic (exact) mass is 371 g/mol. The maximum absolute atomic E-state index is 12.6. The second kappa shape index (κ2) is 10.2. The van der Waals surface area contributed by atoms with Crippen molar-refractivity contribution in [3.8, 4) is 5.75 Å². The largest absolute Gasteiger partial charge is 0.493 e. The number of carbonyl (C=O) groups excluding carboxylic acids is 2. The van der Waals surface area contributed by atoms with Crippen molar-refractivity contribution in [3.05, 3.63) is 24.3 Å². The van der Waals surface area contributed by atoms with Crippen LogP contribution in [0.3, 0.4) is 0 Å². The first-order valence-electron chi connectivity index (χ1n) is 8.12. The van der Waals surface area contributed by atoms with Crippen LogP contribution in [0.4, 0.5) is 5.69 Å². The van der Waals surface area contributed by atoms with Gasteiger partial charge in [-0.2, -0.15) is 0 Å². The maximum atomic E-state index is 12.6. The predicted octanol–water partition coefficient (Wildman–Crippen LogP) is 1.32. The van der Waals surface area contributed by atoms with Crippen LogP contribution >= 0.6 is 12.4 Å². The van der Waals surface area contributed by atoms with Gasteiger partial charge in [0.1, 0.15) is 5.75 Å². The lowest BCUT2D eigenvalue weighted by Gasteiger charge is -2.34. The van der Waals surface area contributed by atoms with E-state index >= 15 is 0 Å². The van der Waals surface area contributed by atoms with E-state index in [1.165, 1.54) is 0 Å². The third-order valence-corrected chi connectivity index (χ3v) is 4.31. The molecule has 1 heterocycles. The highest BCUT2D eigenvalue weighted by molar-refractivity contribution is 5.95. The Balaban J connectivity index is 0.00000312. The summed E-state index contributed by atoms with van der Waals surface area (Å²) in [6.45, 7) is 1.73. The van der Waals surface area contributed by atoms with E-state index in [1.807, 2.05) is 0 Å². The molecule has 0 saturated carbocycles. The fourth-order valence-corrected chi connectivity index (χ4v) is 2.57. The van der Waals surface area contributed by atoms with Crippen molar-refractivity contribution in [1.29, 1.82) is 0 Å². The molecule has 1 fully saturated rings. The van der Waals surface area contributed by atoms with Crippen LogP contribution in [0.15, 0.2) is 24.3 Å². The smallest absolute Gasteiger partial charge is 0.232 e. The molecule has 4 N–H and O–H groups in total. The van der Waals surface area contributed by atoms with Gasteiger partial charge in [0.05, 0.1) is 18.4 Å². The molecule has 1 aromatic carbocycles. The number of hydrogen-bond acceptors (Lipinski definition) is 5. The second-order valence-corrected chi connectivity index (χ2v) is 5.85. The van der Waals surface area contributed by atoms with E-state index in [4.69, 9.17) is 15.2 Å². The molecule has 0 spiro atoms. The van der Waals surface area contributed by atoms with Crippen LogP contribution < -0.4 is 21.1 Å². The van der Waals surface area contributed by atoms with E-state index in [0.29, 0.717) is 57.1 Å². The molecule has 1 aliphatic heterocycles. The molecule has 1 aliphatic rings. The van der Waals surface area contributed by atoms with E-state index in [2.05, 4.69) is 10.6 Å². The molecule has 0 unspecified atom stereocenters. The first-order valence-corrected chi connectivity index (χ1v) is 8.12. The Morgan fingerprint density at radius 1 is 1.24 bits per heavy atom. The summed E-state index contributed by atoms with van der Waals surface area (Å²) < 4.78 is 10.8. The van der Waals surface area contributed by atoms with E-state index in [0.717, 1.165) is 0 Å². The SMILES string of the molecule is CNC(=O)CCOc1ccc(NC(=O)C2(CN)CCOCC2)cc1.Cl. The Hall–Kier alpha value is -1.83. The van der Waals surface area contributed by atoms with Crippen molar-refractivity contribution in [3.63, 3.8) is 0 Å². The highest BCUT2D eigenvalue weighted by Crippen LogP contribution is 2.31. The van der Waals surface area contributed by atoms with Gasteiger partial charge in [0, 0.05) is 32.5 Å². The molecule has 1 aromatic rings. The molecule has 2 amide bonds. The van der Waals surface area contributed by atoms with Gasteiger partial charge < -0.3 is 25.8 Å². The molecule has 140 valence electrons. The van der Waals surface area contributed by atoms with Crippen LogP contribution in [-0.4, -0.2) is 45.2 Å². The fraction of sp³-hybridized carbons (Fsp3) is 0.529. The number of nitrogens with two attached hydrogens (primary N) is 1. The van der Waals surface area contributed by atoms with Gasteiger partial charge in [-0.3, -0.25) is 9.59 Å². The molecule has 25 heavy (non-hydrogen) atoms. The first kappa shape index (κ1) is 21.2. The molecule has 2 rings (SSSR count). The molecule has 0 atom stereocenters. The Kier molecular flexibility index (Phi) is 8.68. The zero-order chi connectivity index (χ0) is 17.4. The minimum Gasteiger partial charge on any atom is -0.493 e. The van der Waals surface area contributed by atoms with Crippen LogP contribution in [0, 0.1) is 5.41 Å². The van der Waals surface area contributed by atoms with Gasteiger partial charge in [-0.1, -0.05) is 0 Å². The molecule has 8 heteroatoms. The summed E-state index contributed by atoms with van der Waals surface area (Å²) in [6, 6.07) is 7.07. The van der Waals surface area contributed by atoms with Crippen molar-refractivity contribution in [2.24, 2.45) is 11.1 Å². The number of carbonyl (C=O) groups is 2. The van der Waals surface area contributed by atoms with Gasteiger partial charge >= 0.3 is 0 Å². The van der Waals surface area contributed by atoms with Crippen molar-refractivity contribution in [2.75, 3.05) is 38.7 Å². The summed E-state index contributed by atoms with van der Waals surface area (Å²) in [7, 11) is 1.59. The fourth-order valence-electron chi connectivity index (χ4n) is 2.57.